The molecule has 25 heavy (non-hydrogen) atoms. The first-order chi connectivity index (χ1) is 11.9. The Kier molecular flexibility index (Phi) is 4.79. The van der Waals surface area contributed by atoms with Crippen LogP contribution in [0.5, 0.6) is 0 Å². The maximum atomic E-state index is 12.3. The third kappa shape index (κ3) is 3.52. The Morgan fingerprint density at radius 3 is 2.64 bits per heavy atom. The second-order valence-corrected chi connectivity index (χ2v) is 6.48. The SMILES string of the molecule is C[C@H]1C(=O)Nc2ccc(C(=O)COC(=O)c3ccc(Cl)cc3Cl)cc21. The van der Waals surface area contributed by atoms with Crippen LogP contribution in [-0.4, -0.2) is 24.3 Å². The van der Waals surface area contributed by atoms with E-state index in [4.69, 9.17) is 27.9 Å². The lowest BCUT2D eigenvalue weighted by Gasteiger charge is -2.08. The van der Waals surface area contributed by atoms with Crippen LogP contribution in [0.3, 0.4) is 0 Å². The zero-order valence-corrected chi connectivity index (χ0v) is 14.6. The number of rotatable bonds is 4. The molecule has 1 aliphatic heterocycles. The van der Waals surface area contributed by atoms with Crippen molar-refractivity contribution in [1.82, 2.24) is 0 Å². The highest BCUT2D eigenvalue weighted by Crippen LogP contribution is 2.32. The second-order valence-electron chi connectivity index (χ2n) is 5.64. The van der Waals surface area contributed by atoms with E-state index in [2.05, 4.69) is 5.32 Å². The summed E-state index contributed by atoms with van der Waals surface area (Å²) in [4.78, 5) is 36.0. The predicted octanol–water partition coefficient (Wildman–Crippen LogP) is 4.09. The minimum Gasteiger partial charge on any atom is -0.454 e. The molecule has 0 aliphatic carbocycles. The molecular formula is C18H13Cl2NO4. The average Bonchev–Trinajstić information content (AvgIpc) is 2.86. The quantitative estimate of drug-likeness (QED) is 0.643. The number of ketones is 1. The Labute approximate surface area is 153 Å². The van der Waals surface area contributed by atoms with E-state index in [9.17, 15) is 14.4 Å². The van der Waals surface area contributed by atoms with Gasteiger partial charge in [-0.05, 0) is 48.9 Å². The van der Waals surface area contributed by atoms with E-state index in [0.717, 1.165) is 5.56 Å². The third-order valence-electron chi connectivity index (χ3n) is 3.98. The van der Waals surface area contributed by atoms with Crippen molar-refractivity contribution >= 4 is 46.5 Å². The van der Waals surface area contributed by atoms with E-state index in [1.54, 1.807) is 25.1 Å². The molecule has 0 fully saturated rings. The fourth-order valence-electron chi connectivity index (χ4n) is 2.54. The van der Waals surface area contributed by atoms with Crippen LogP contribution < -0.4 is 5.32 Å². The van der Waals surface area contributed by atoms with Crippen molar-refractivity contribution in [3.63, 3.8) is 0 Å². The van der Waals surface area contributed by atoms with Crippen molar-refractivity contribution in [3.8, 4) is 0 Å². The minimum atomic E-state index is -0.707. The normalized spacial score (nSPS) is 15.5. The number of carbonyl (C=O) groups excluding carboxylic acids is 3. The van der Waals surface area contributed by atoms with E-state index in [0.29, 0.717) is 16.3 Å². The number of fused-ring (bicyclic) bond motifs is 1. The van der Waals surface area contributed by atoms with Crippen LogP contribution in [0.25, 0.3) is 0 Å². The van der Waals surface area contributed by atoms with Gasteiger partial charge in [0, 0.05) is 16.3 Å². The van der Waals surface area contributed by atoms with Crippen LogP contribution in [-0.2, 0) is 9.53 Å². The molecular weight excluding hydrogens is 365 g/mol. The number of amides is 1. The number of esters is 1. The molecule has 3 rings (SSSR count). The van der Waals surface area contributed by atoms with E-state index in [-0.39, 0.29) is 28.2 Å². The van der Waals surface area contributed by atoms with Crippen molar-refractivity contribution in [2.75, 3.05) is 11.9 Å². The van der Waals surface area contributed by atoms with Gasteiger partial charge in [-0.3, -0.25) is 9.59 Å². The molecule has 7 heteroatoms. The van der Waals surface area contributed by atoms with Gasteiger partial charge in [-0.1, -0.05) is 23.2 Å². The van der Waals surface area contributed by atoms with E-state index in [1.165, 1.54) is 18.2 Å². The molecule has 0 saturated carbocycles. The van der Waals surface area contributed by atoms with Crippen LogP contribution in [0, 0.1) is 0 Å². The summed E-state index contributed by atoms with van der Waals surface area (Å²) in [5, 5.41) is 3.28. The van der Waals surface area contributed by atoms with Crippen LogP contribution in [0.15, 0.2) is 36.4 Å². The van der Waals surface area contributed by atoms with E-state index < -0.39 is 12.6 Å². The lowest BCUT2D eigenvalue weighted by molar-refractivity contribution is -0.116. The van der Waals surface area contributed by atoms with Crippen molar-refractivity contribution in [1.29, 1.82) is 0 Å². The van der Waals surface area contributed by atoms with Crippen LogP contribution in [0.1, 0.15) is 39.1 Å². The first-order valence-electron chi connectivity index (χ1n) is 7.47. The molecule has 1 atom stereocenters. The van der Waals surface area contributed by atoms with Gasteiger partial charge in [-0.15, -0.1) is 0 Å². The summed E-state index contributed by atoms with van der Waals surface area (Å²) in [5.41, 5.74) is 1.95. The molecule has 0 aromatic heterocycles. The van der Waals surface area contributed by atoms with Gasteiger partial charge in [-0.25, -0.2) is 4.79 Å². The predicted molar refractivity (Wildman–Crippen MR) is 94.6 cm³/mol. The highest BCUT2D eigenvalue weighted by Gasteiger charge is 2.27. The first kappa shape index (κ1) is 17.5. The molecule has 1 aliphatic rings. The van der Waals surface area contributed by atoms with Gasteiger partial charge in [0.1, 0.15) is 0 Å². The molecule has 0 unspecified atom stereocenters. The summed E-state index contributed by atoms with van der Waals surface area (Å²) in [6.45, 7) is 1.34. The number of halogens is 2. The highest BCUT2D eigenvalue weighted by atomic mass is 35.5. The summed E-state index contributed by atoms with van der Waals surface area (Å²) in [6, 6.07) is 9.27. The van der Waals surface area contributed by atoms with Crippen molar-refractivity contribution in [3.05, 3.63) is 63.1 Å². The Hall–Kier alpha value is -2.37. The van der Waals surface area contributed by atoms with Crippen molar-refractivity contribution < 1.29 is 19.1 Å². The molecule has 0 bridgehead atoms. The number of anilines is 1. The van der Waals surface area contributed by atoms with Gasteiger partial charge < -0.3 is 10.1 Å². The zero-order chi connectivity index (χ0) is 18.1. The fourth-order valence-corrected chi connectivity index (χ4v) is 3.02. The van der Waals surface area contributed by atoms with Crippen molar-refractivity contribution in [2.24, 2.45) is 0 Å². The molecule has 0 spiro atoms. The molecule has 0 saturated heterocycles. The average molecular weight is 378 g/mol. The number of hydrogen-bond acceptors (Lipinski definition) is 4. The molecule has 1 heterocycles. The first-order valence-corrected chi connectivity index (χ1v) is 8.22. The number of benzene rings is 2. The largest absolute Gasteiger partial charge is 0.454 e. The smallest absolute Gasteiger partial charge is 0.340 e. The lowest BCUT2D eigenvalue weighted by atomic mass is 9.99. The maximum Gasteiger partial charge on any atom is 0.340 e. The molecule has 5 nitrogen and oxygen atoms in total. The van der Waals surface area contributed by atoms with Crippen molar-refractivity contribution in [2.45, 2.75) is 12.8 Å². The summed E-state index contributed by atoms with van der Waals surface area (Å²) in [6.07, 6.45) is 0. The topological polar surface area (TPSA) is 72.5 Å². The van der Waals surface area contributed by atoms with Crippen LogP contribution >= 0.6 is 23.2 Å². The molecule has 2 aromatic rings. The van der Waals surface area contributed by atoms with Gasteiger partial charge in [0.15, 0.2) is 12.4 Å². The summed E-state index contributed by atoms with van der Waals surface area (Å²) < 4.78 is 5.03. The summed E-state index contributed by atoms with van der Waals surface area (Å²) in [7, 11) is 0. The van der Waals surface area contributed by atoms with Gasteiger partial charge in [-0.2, -0.15) is 0 Å². The number of carbonyl (C=O) groups is 3. The fraction of sp³-hybridized carbons (Fsp3) is 0.167. The Bertz CT molecular complexity index is 895. The second kappa shape index (κ2) is 6.86. The molecule has 1 amide bonds. The van der Waals surface area contributed by atoms with Gasteiger partial charge >= 0.3 is 5.97 Å². The monoisotopic (exact) mass is 377 g/mol. The number of ether oxygens (including phenoxy) is 1. The number of nitrogens with one attached hydrogen (secondary N) is 1. The van der Waals surface area contributed by atoms with E-state index >= 15 is 0 Å². The standard InChI is InChI=1S/C18H13Cl2NO4/c1-9-13-6-10(2-5-15(13)21-17(9)23)16(22)8-25-18(24)12-4-3-11(19)7-14(12)20/h2-7,9H,8H2,1H3,(H,21,23)/t9-/m1/s1. The Morgan fingerprint density at radius 2 is 1.92 bits per heavy atom. The molecule has 2 aromatic carbocycles. The molecule has 1 N–H and O–H groups in total. The van der Waals surface area contributed by atoms with Gasteiger partial charge in [0.2, 0.25) is 5.91 Å². The van der Waals surface area contributed by atoms with Gasteiger partial charge in [0.05, 0.1) is 16.5 Å². The molecule has 128 valence electrons. The van der Waals surface area contributed by atoms with Crippen LogP contribution in [0.4, 0.5) is 5.69 Å². The maximum absolute atomic E-state index is 12.3. The van der Waals surface area contributed by atoms with E-state index in [1.807, 2.05) is 0 Å². The minimum absolute atomic E-state index is 0.108. The number of hydrogen-bond donors (Lipinski definition) is 1. The zero-order valence-electron chi connectivity index (χ0n) is 13.1. The Balaban J connectivity index is 1.69. The van der Waals surface area contributed by atoms with Gasteiger partial charge in [0.25, 0.3) is 0 Å². The summed E-state index contributed by atoms with van der Waals surface area (Å²) in [5.74, 6) is -1.50. The Morgan fingerprint density at radius 1 is 1.16 bits per heavy atom. The molecule has 0 radical (unpaired) electrons. The lowest BCUT2D eigenvalue weighted by Crippen LogP contribution is -2.15. The number of Topliss-reactive ketones (excluding diaryl/α,β-unsaturated/α-hetero) is 1. The highest BCUT2D eigenvalue weighted by molar-refractivity contribution is 6.36. The third-order valence-corrected chi connectivity index (χ3v) is 4.52. The summed E-state index contributed by atoms with van der Waals surface area (Å²) >= 11 is 11.7. The van der Waals surface area contributed by atoms with Crippen LogP contribution in [0.2, 0.25) is 10.0 Å².